The maximum atomic E-state index is 12.3. The summed E-state index contributed by atoms with van der Waals surface area (Å²) in [7, 11) is 0. The fourth-order valence-corrected chi connectivity index (χ4v) is 2.12. The molecule has 0 aliphatic heterocycles. The molecule has 0 bridgehead atoms. The number of hydrogen-bond acceptors (Lipinski definition) is 3. The van der Waals surface area contributed by atoms with Gasteiger partial charge in [0.25, 0.3) is 11.8 Å². The predicted octanol–water partition coefficient (Wildman–Crippen LogP) is 2.81. The van der Waals surface area contributed by atoms with Crippen molar-refractivity contribution in [3.05, 3.63) is 59.2 Å². The molecule has 2 rings (SSSR count). The number of primary amides is 1. The summed E-state index contributed by atoms with van der Waals surface area (Å²) in [6, 6.07) is 12.4. The monoisotopic (exact) mass is 312 g/mol. The van der Waals surface area contributed by atoms with Crippen molar-refractivity contribution in [3.63, 3.8) is 0 Å². The van der Waals surface area contributed by atoms with Gasteiger partial charge in [-0.3, -0.25) is 9.59 Å². The molecule has 23 heavy (non-hydrogen) atoms. The van der Waals surface area contributed by atoms with Crippen molar-refractivity contribution >= 4 is 17.5 Å². The van der Waals surface area contributed by atoms with Crippen LogP contribution in [0.2, 0.25) is 0 Å². The molecule has 0 saturated heterocycles. The van der Waals surface area contributed by atoms with E-state index in [1.807, 2.05) is 32.0 Å². The van der Waals surface area contributed by atoms with Crippen LogP contribution in [-0.4, -0.2) is 17.9 Å². The van der Waals surface area contributed by atoms with Crippen LogP contribution in [0, 0.1) is 13.8 Å². The van der Waals surface area contributed by atoms with E-state index in [-0.39, 0.29) is 11.5 Å². The Kier molecular flexibility index (Phi) is 5.01. The summed E-state index contributed by atoms with van der Waals surface area (Å²) < 4.78 is 5.73. The molecule has 2 aromatic rings. The lowest BCUT2D eigenvalue weighted by molar-refractivity contribution is -0.122. The minimum atomic E-state index is -0.712. The minimum absolute atomic E-state index is 0.264. The highest BCUT2D eigenvalue weighted by Crippen LogP contribution is 2.21. The number of aryl methyl sites for hydroxylation is 2. The van der Waals surface area contributed by atoms with Crippen LogP contribution in [0.4, 0.5) is 5.69 Å². The highest BCUT2D eigenvalue weighted by atomic mass is 16.5. The molecule has 0 aromatic heterocycles. The Labute approximate surface area is 135 Å². The molecule has 0 unspecified atom stereocenters. The van der Waals surface area contributed by atoms with Crippen molar-refractivity contribution < 1.29 is 14.3 Å². The number of amides is 2. The van der Waals surface area contributed by atoms with Crippen molar-refractivity contribution in [2.45, 2.75) is 26.9 Å². The quantitative estimate of drug-likeness (QED) is 0.890. The number of anilines is 1. The molecule has 120 valence electrons. The third-order valence-electron chi connectivity index (χ3n) is 3.47. The average molecular weight is 312 g/mol. The first kappa shape index (κ1) is 16.5. The van der Waals surface area contributed by atoms with Crippen LogP contribution in [0.3, 0.4) is 0 Å². The Balaban J connectivity index is 2.12. The summed E-state index contributed by atoms with van der Waals surface area (Å²) in [4.78, 5) is 23.7. The SMILES string of the molecule is Cc1ccc(C)c(O[C@H](C)C(=O)Nc2ccccc2C(N)=O)c1. The lowest BCUT2D eigenvalue weighted by Gasteiger charge is -2.17. The second kappa shape index (κ2) is 6.96. The zero-order valence-electron chi connectivity index (χ0n) is 13.4. The number of nitrogens with one attached hydrogen (secondary N) is 1. The zero-order chi connectivity index (χ0) is 17.0. The topological polar surface area (TPSA) is 81.4 Å². The van der Waals surface area contributed by atoms with Crippen LogP contribution >= 0.6 is 0 Å². The number of hydrogen-bond donors (Lipinski definition) is 2. The molecular formula is C18H20N2O3. The van der Waals surface area contributed by atoms with Gasteiger partial charge < -0.3 is 15.8 Å². The zero-order valence-corrected chi connectivity index (χ0v) is 13.4. The maximum absolute atomic E-state index is 12.3. The molecule has 0 spiro atoms. The Morgan fingerprint density at radius 2 is 1.83 bits per heavy atom. The first-order valence-corrected chi connectivity index (χ1v) is 7.32. The van der Waals surface area contributed by atoms with E-state index in [1.54, 1.807) is 31.2 Å². The van der Waals surface area contributed by atoms with E-state index in [2.05, 4.69) is 5.32 Å². The molecule has 0 aliphatic rings. The largest absolute Gasteiger partial charge is 0.481 e. The summed E-state index contributed by atoms with van der Waals surface area (Å²) in [5, 5.41) is 2.68. The second-order valence-corrected chi connectivity index (χ2v) is 5.43. The van der Waals surface area contributed by atoms with Crippen LogP contribution in [0.5, 0.6) is 5.75 Å². The number of ether oxygens (including phenoxy) is 1. The Hall–Kier alpha value is -2.82. The third kappa shape index (κ3) is 4.10. The lowest BCUT2D eigenvalue weighted by atomic mass is 10.1. The smallest absolute Gasteiger partial charge is 0.265 e. The van der Waals surface area contributed by atoms with Gasteiger partial charge in [0.2, 0.25) is 0 Å². The molecule has 3 N–H and O–H groups in total. The minimum Gasteiger partial charge on any atom is -0.481 e. The third-order valence-corrected chi connectivity index (χ3v) is 3.47. The van der Waals surface area contributed by atoms with Gasteiger partial charge in [-0.1, -0.05) is 24.3 Å². The van der Waals surface area contributed by atoms with Crippen molar-refractivity contribution in [3.8, 4) is 5.75 Å². The summed E-state index contributed by atoms with van der Waals surface area (Å²) in [6.45, 7) is 5.53. The van der Waals surface area contributed by atoms with E-state index >= 15 is 0 Å². The molecule has 0 saturated carbocycles. The van der Waals surface area contributed by atoms with Crippen molar-refractivity contribution in [1.82, 2.24) is 0 Å². The van der Waals surface area contributed by atoms with Crippen LogP contribution < -0.4 is 15.8 Å². The highest BCUT2D eigenvalue weighted by Gasteiger charge is 2.18. The molecule has 0 heterocycles. The van der Waals surface area contributed by atoms with Gasteiger partial charge >= 0.3 is 0 Å². The second-order valence-electron chi connectivity index (χ2n) is 5.43. The predicted molar refractivity (Wildman–Crippen MR) is 89.6 cm³/mol. The van der Waals surface area contributed by atoms with Gasteiger partial charge in [0.15, 0.2) is 6.10 Å². The van der Waals surface area contributed by atoms with Gasteiger partial charge in [-0.05, 0) is 50.1 Å². The Bertz CT molecular complexity index is 741. The van der Waals surface area contributed by atoms with Crippen LogP contribution in [0.1, 0.15) is 28.4 Å². The van der Waals surface area contributed by atoms with Gasteiger partial charge in [-0.2, -0.15) is 0 Å². The molecule has 5 nitrogen and oxygen atoms in total. The fourth-order valence-electron chi connectivity index (χ4n) is 2.12. The van der Waals surface area contributed by atoms with Gasteiger partial charge in [0.1, 0.15) is 5.75 Å². The number of nitrogens with two attached hydrogens (primary N) is 1. The van der Waals surface area contributed by atoms with Crippen LogP contribution in [-0.2, 0) is 4.79 Å². The normalized spacial score (nSPS) is 11.6. The van der Waals surface area contributed by atoms with Gasteiger partial charge in [0.05, 0.1) is 11.3 Å². The molecule has 0 fully saturated rings. The molecule has 2 aromatic carbocycles. The molecule has 2 amide bonds. The van der Waals surface area contributed by atoms with Gasteiger partial charge in [-0.25, -0.2) is 0 Å². The van der Waals surface area contributed by atoms with Crippen molar-refractivity contribution in [1.29, 1.82) is 0 Å². The van der Waals surface area contributed by atoms with E-state index in [9.17, 15) is 9.59 Å². The number of carbonyl (C=O) groups excluding carboxylic acids is 2. The van der Waals surface area contributed by atoms with E-state index in [0.29, 0.717) is 11.4 Å². The number of para-hydroxylation sites is 1. The summed E-state index contributed by atoms with van der Waals surface area (Å²) in [6.07, 6.45) is -0.712. The summed E-state index contributed by atoms with van der Waals surface area (Å²) in [5.41, 5.74) is 7.95. The molecule has 0 radical (unpaired) electrons. The number of rotatable bonds is 5. The van der Waals surface area contributed by atoms with E-state index in [1.165, 1.54) is 0 Å². The van der Waals surface area contributed by atoms with Crippen LogP contribution in [0.25, 0.3) is 0 Å². The van der Waals surface area contributed by atoms with Gasteiger partial charge in [-0.15, -0.1) is 0 Å². The first-order valence-electron chi connectivity index (χ1n) is 7.32. The summed E-state index contributed by atoms with van der Waals surface area (Å²) >= 11 is 0. The first-order chi connectivity index (χ1) is 10.9. The number of carbonyl (C=O) groups is 2. The molecule has 5 heteroatoms. The summed E-state index contributed by atoms with van der Waals surface area (Å²) in [5.74, 6) is -0.278. The molecule has 1 atom stereocenters. The standard InChI is InChI=1S/C18H20N2O3/c1-11-8-9-12(2)16(10-11)23-13(3)18(22)20-15-7-5-4-6-14(15)17(19)21/h4-10,13H,1-3H3,(H2,19,21)(H,20,22)/t13-/m1/s1. The Morgan fingerprint density at radius 1 is 1.13 bits per heavy atom. The van der Waals surface area contributed by atoms with E-state index in [4.69, 9.17) is 10.5 Å². The van der Waals surface area contributed by atoms with Crippen molar-refractivity contribution in [2.75, 3.05) is 5.32 Å². The molecule has 0 aliphatic carbocycles. The fraction of sp³-hybridized carbons (Fsp3) is 0.222. The average Bonchev–Trinajstić information content (AvgIpc) is 2.51. The lowest BCUT2D eigenvalue weighted by Crippen LogP contribution is -2.31. The molecular weight excluding hydrogens is 292 g/mol. The maximum Gasteiger partial charge on any atom is 0.265 e. The van der Waals surface area contributed by atoms with Crippen LogP contribution in [0.15, 0.2) is 42.5 Å². The van der Waals surface area contributed by atoms with Gasteiger partial charge in [0, 0.05) is 0 Å². The highest BCUT2D eigenvalue weighted by molar-refractivity contribution is 6.03. The number of benzene rings is 2. The van der Waals surface area contributed by atoms with E-state index < -0.39 is 12.0 Å². The van der Waals surface area contributed by atoms with Crippen molar-refractivity contribution in [2.24, 2.45) is 5.73 Å². The Morgan fingerprint density at radius 3 is 2.52 bits per heavy atom. The van der Waals surface area contributed by atoms with E-state index in [0.717, 1.165) is 11.1 Å².